The van der Waals surface area contributed by atoms with Crippen molar-refractivity contribution in [3.63, 3.8) is 0 Å². The molecule has 0 saturated carbocycles. The number of nitrogens with zero attached hydrogens (tertiary/aromatic N) is 1. The molecule has 0 N–H and O–H groups in total. The Hall–Kier alpha value is -2.54. The first-order chi connectivity index (χ1) is 9.11. The molecule has 0 saturated heterocycles. The molecular weight excluding hydrogens is 248 g/mol. The topological polar surface area (TPSA) is 40.9 Å². The van der Waals surface area contributed by atoms with Gasteiger partial charge in [-0.15, -0.1) is 0 Å². The van der Waals surface area contributed by atoms with Crippen LogP contribution in [0.25, 0.3) is 0 Å². The van der Waals surface area contributed by atoms with Gasteiger partial charge >= 0.3 is 0 Å². The second kappa shape index (κ2) is 5.40. The van der Waals surface area contributed by atoms with Gasteiger partial charge in [-0.25, -0.2) is 8.78 Å². The maximum Gasteiger partial charge on any atom is 0.184 e. The van der Waals surface area contributed by atoms with E-state index in [1.165, 1.54) is 30.3 Å². The summed E-state index contributed by atoms with van der Waals surface area (Å²) in [6.07, 6.45) is 0. The van der Waals surface area contributed by atoms with Crippen LogP contribution in [0.15, 0.2) is 48.5 Å². The van der Waals surface area contributed by atoms with Crippen LogP contribution in [0.5, 0.6) is 0 Å². The van der Waals surface area contributed by atoms with Crippen molar-refractivity contribution in [2.45, 2.75) is 5.92 Å². The standard InChI is InChI=1S/C15H9F2NO/c16-12-6-4-10(5-7-12)15(19)14(9-18)11-2-1-3-13(17)8-11/h1-8,14H. The molecule has 19 heavy (non-hydrogen) atoms. The summed E-state index contributed by atoms with van der Waals surface area (Å²) in [6.45, 7) is 0. The third kappa shape index (κ3) is 2.83. The van der Waals surface area contributed by atoms with Crippen LogP contribution in [0, 0.1) is 23.0 Å². The summed E-state index contributed by atoms with van der Waals surface area (Å²) in [5, 5.41) is 9.09. The van der Waals surface area contributed by atoms with Gasteiger partial charge in [-0.1, -0.05) is 12.1 Å². The number of benzene rings is 2. The normalized spacial score (nSPS) is 11.6. The average Bonchev–Trinajstić information content (AvgIpc) is 2.40. The molecule has 4 heteroatoms. The summed E-state index contributed by atoms with van der Waals surface area (Å²) < 4.78 is 25.9. The van der Waals surface area contributed by atoms with Crippen LogP contribution in [-0.4, -0.2) is 5.78 Å². The molecular formula is C15H9F2NO. The second-order valence-corrected chi connectivity index (χ2v) is 3.99. The smallest absolute Gasteiger partial charge is 0.184 e. The van der Waals surface area contributed by atoms with Gasteiger partial charge in [0.15, 0.2) is 5.78 Å². The van der Waals surface area contributed by atoms with Crippen molar-refractivity contribution in [3.05, 3.63) is 71.3 Å². The highest BCUT2D eigenvalue weighted by Gasteiger charge is 2.22. The van der Waals surface area contributed by atoms with E-state index < -0.39 is 23.3 Å². The van der Waals surface area contributed by atoms with Crippen molar-refractivity contribution >= 4 is 5.78 Å². The Bertz CT molecular complexity index is 644. The molecule has 0 heterocycles. The van der Waals surface area contributed by atoms with E-state index in [1.54, 1.807) is 0 Å². The zero-order chi connectivity index (χ0) is 13.8. The molecule has 1 unspecified atom stereocenters. The van der Waals surface area contributed by atoms with E-state index in [2.05, 4.69) is 0 Å². The molecule has 2 rings (SSSR count). The van der Waals surface area contributed by atoms with Crippen LogP contribution in [0.4, 0.5) is 8.78 Å². The lowest BCUT2D eigenvalue weighted by Crippen LogP contribution is -2.11. The van der Waals surface area contributed by atoms with E-state index in [0.717, 1.165) is 18.2 Å². The minimum atomic E-state index is -1.10. The van der Waals surface area contributed by atoms with Gasteiger partial charge in [0.2, 0.25) is 0 Å². The summed E-state index contributed by atoms with van der Waals surface area (Å²) in [5.41, 5.74) is 0.508. The minimum Gasteiger partial charge on any atom is -0.292 e. The van der Waals surface area contributed by atoms with Gasteiger partial charge in [-0.05, 0) is 42.0 Å². The van der Waals surface area contributed by atoms with Crippen molar-refractivity contribution in [1.29, 1.82) is 5.26 Å². The van der Waals surface area contributed by atoms with Gasteiger partial charge in [0.05, 0.1) is 6.07 Å². The molecule has 0 aliphatic rings. The van der Waals surface area contributed by atoms with Gasteiger partial charge in [0.25, 0.3) is 0 Å². The Balaban J connectivity index is 2.35. The first-order valence-electron chi connectivity index (χ1n) is 5.56. The SMILES string of the molecule is N#CC(C(=O)c1ccc(F)cc1)c1cccc(F)c1. The minimum absolute atomic E-state index is 0.220. The van der Waals surface area contributed by atoms with Crippen molar-refractivity contribution < 1.29 is 13.6 Å². The Morgan fingerprint density at radius 1 is 1.05 bits per heavy atom. The van der Waals surface area contributed by atoms with Crippen LogP contribution in [0.3, 0.4) is 0 Å². The highest BCUT2D eigenvalue weighted by atomic mass is 19.1. The van der Waals surface area contributed by atoms with Crippen LogP contribution >= 0.6 is 0 Å². The van der Waals surface area contributed by atoms with Crippen LogP contribution in [0.2, 0.25) is 0 Å². The zero-order valence-electron chi connectivity index (χ0n) is 9.81. The van der Waals surface area contributed by atoms with Gasteiger partial charge in [-0.3, -0.25) is 4.79 Å². The second-order valence-electron chi connectivity index (χ2n) is 3.99. The Kier molecular flexibility index (Phi) is 3.67. The number of rotatable bonds is 3. The highest BCUT2D eigenvalue weighted by molar-refractivity contribution is 6.02. The fourth-order valence-electron chi connectivity index (χ4n) is 1.75. The third-order valence-electron chi connectivity index (χ3n) is 2.70. The Morgan fingerprint density at radius 2 is 1.74 bits per heavy atom. The summed E-state index contributed by atoms with van der Waals surface area (Å²) in [6, 6.07) is 12.1. The van der Waals surface area contributed by atoms with E-state index in [4.69, 9.17) is 5.26 Å². The van der Waals surface area contributed by atoms with Crippen molar-refractivity contribution in [1.82, 2.24) is 0 Å². The monoisotopic (exact) mass is 257 g/mol. The van der Waals surface area contributed by atoms with Gasteiger partial charge in [0.1, 0.15) is 17.6 Å². The molecule has 0 radical (unpaired) electrons. The van der Waals surface area contributed by atoms with E-state index in [0.29, 0.717) is 0 Å². The van der Waals surface area contributed by atoms with E-state index in [1.807, 2.05) is 6.07 Å². The van der Waals surface area contributed by atoms with Gasteiger partial charge in [-0.2, -0.15) is 5.26 Å². The largest absolute Gasteiger partial charge is 0.292 e. The number of Topliss-reactive ketones (excluding diaryl/α,β-unsaturated/α-hetero) is 1. The Labute approximate surface area is 108 Å². The quantitative estimate of drug-likeness (QED) is 0.790. The Morgan fingerprint density at radius 3 is 2.32 bits per heavy atom. The van der Waals surface area contributed by atoms with E-state index in [-0.39, 0.29) is 11.1 Å². The summed E-state index contributed by atoms with van der Waals surface area (Å²) in [5.74, 6) is -2.55. The lowest BCUT2D eigenvalue weighted by atomic mass is 9.92. The van der Waals surface area contributed by atoms with Gasteiger partial charge < -0.3 is 0 Å². The molecule has 2 nitrogen and oxygen atoms in total. The molecule has 0 amide bonds. The maximum atomic E-state index is 13.1. The van der Waals surface area contributed by atoms with Crippen molar-refractivity contribution in [2.75, 3.05) is 0 Å². The molecule has 0 aromatic heterocycles. The maximum absolute atomic E-state index is 13.1. The number of carbonyl (C=O) groups excluding carboxylic acids is 1. The van der Waals surface area contributed by atoms with Crippen molar-refractivity contribution in [2.24, 2.45) is 0 Å². The fourth-order valence-corrected chi connectivity index (χ4v) is 1.75. The third-order valence-corrected chi connectivity index (χ3v) is 2.70. The summed E-state index contributed by atoms with van der Waals surface area (Å²) >= 11 is 0. The van der Waals surface area contributed by atoms with Crippen LogP contribution in [-0.2, 0) is 0 Å². The van der Waals surface area contributed by atoms with Crippen molar-refractivity contribution in [3.8, 4) is 6.07 Å². The number of ketones is 1. The van der Waals surface area contributed by atoms with E-state index >= 15 is 0 Å². The molecule has 0 bridgehead atoms. The molecule has 0 fully saturated rings. The number of halogens is 2. The first kappa shape index (κ1) is 12.9. The molecule has 0 aliphatic carbocycles. The molecule has 2 aromatic carbocycles. The number of hydrogen-bond donors (Lipinski definition) is 0. The van der Waals surface area contributed by atoms with Crippen LogP contribution < -0.4 is 0 Å². The molecule has 0 spiro atoms. The van der Waals surface area contributed by atoms with Gasteiger partial charge in [0, 0.05) is 5.56 Å². The molecule has 2 aromatic rings. The summed E-state index contributed by atoms with van der Waals surface area (Å²) in [4.78, 5) is 12.1. The predicted octanol–water partition coefficient (Wildman–Crippen LogP) is 3.45. The molecule has 94 valence electrons. The number of hydrogen-bond acceptors (Lipinski definition) is 2. The molecule has 1 atom stereocenters. The fraction of sp³-hybridized carbons (Fsp3) is 0.0667. The molecule has 0 aliphatic heterocycles. The van der Waals surface area contributed by atoms with Crippen LogP contribution in [0.1, 0.15) is 21.8 Å². The lowest BCUT2D eigenvalue weighted by Gasteiger charge is -2.08. The lowest BCUT2D eigenvalue weighted by molar-refractivity contribution is 0.0979. The zero-order valence-corrected chi connectivity index (χ0v) is 9.81. The number of carbonyl (C=O) groups is 1. The average molecular weight is 257 g/mol. The predicted molar refractivity (Wildman–Crippen MR) is 65.5 cm³/mol. The van der Waals surface area contributed by atoms with E-state index in [9.17, 15) is 13.6 Å². The number of nitriles is 1. The first-order valence-corrected chi connectivity index (χ1v) is 5.56. The summed E-state index contributed by atoms with van der Waals surface area (Å²) in [7, 11) is 0. The highest BCUT2D eigenvalue weighted by Crippen LogP contribution is 2.21.